The zero-order valence-electron chi connectivity index (χ0n) is 13.0. The first-order valence-corrected chi connectivity index (χ1v) is 7.97. The topological polar surface area (TPSA) is 36.0 Å². The number of rotatable bonds is 7. The number of hydrogen-bond donors (Lipinski definition) is 0. The molecule has 20 heavy (non-hydrogen) atoms. The zero-order chi connectivity index (χ0) is 14.4. The molecule has 0 unspecified atom stereocenters. The molecule has 0 spiro atoms. The van der Waals surface area contributed by atoms with Crippen LogP contribution in [0.1, 0.15) is 26.2 Å². The van der Waals surface area contributed by atoms with Crippen LogP contribution in [-0.4, -0.2) is 86.2 Å². The summed E-state index contributed by atoms with van der Waals surface area (Å²) < 4.78 is 5.19. The molecule has 0 aromatic rings. The standard InChI is InChI=1S/C15H29N3O2/c1-3-14-13-16(7-9-17(14)11-12-20-2)8-10-18-6-4-5-15(18)19/h14H,3-13H2,1-2H3/t14-/m0/s1. The Labute approximate surface area is 122 Å². The molecule has 2 rings (SSSR count). The fourth-order valence-electron chi connectivity index (χ4n) is 3.25. The molecule has 2 fully saturated rings. The molecule has 1 atom stereocenters. The van der Waals surface area contributed by atoms with Gasteiger partial charge in [-0.2, -0.15) is 0 Å². The van der Waals surface area contributed by atoms with Gasteiger partial charge in [0.2, 0.25) is 5.91 Å². The molecule has 0 aromatic heterocycles. The van der Waals surface area contributed by atoms with Crippen molar-refractivity contribution in [1.29, 1.82) is 0 Å². The van der Waals surface area contributed by atoms with Crippen molar-refractivity contribution in [1.82, 2.24) is 14.7 Å². The van der Waals surface area contributed by atoms with Crippen molar-refractivity contribution < 1.29 is 9.53 Å². The van der Waals surface area contributed by atoms with E-state index in [1.807, 2.05) is 4.90 Å². The maximum absolute atomic E-state index is 11.6. The van der Waals surface area contributed by atoms with E-state index in [1.165, 1.54) is 6.42 Å². The van der Waals surface area contributed by atoms with Gasteiger partial charge >= 0.3 is 0 Å². The summed E-state index contributed by atoms with van der Waals surface area (Å²) in [5.41, 5.74) is 0. The molecule has 0 bridgehead atoms. The molecule has 0 N–H and O–H groups in total. The van der Waals surface area contributed by atoms with E-state index in [4.69, 9.17) is 4.74 Å². The van der Waals surface area contributed by atoms with Crippen LogP contribution in [0.25, 0.3) is 0 Å². The summed E-state index contributed by atoms with van der Waals surface area (Å²) in [7, 11) is 1.77. The Balaban J connectivity index is 1.73. The summed E-state index contributed by atoms with van der Waals surface area (Å²) in [6.07, 6.45) is 2.98. The third-order valence-electron chi connectivity index (χ3n) is 4.60. The lowest BCUT2D eigenvalue weighted by Gasteiger charge is -2.41. The number of piperazine rings is 1. The van der Waals surface area contributed by atoms with Crippen LogP contribution in [0.2, 0.25) is 0 Å². The average molecular weight is 283 g/mol. The summed E-state index contributed by atoms with van der Waals surface area (Å²) in [5.74, 6) is 0.343. The minimum Gasteiger partial charge on any atom is -0.383 e. The summed E-state index contributed by atoms with van der Waals surface area (Å²) in [6, 6.07) is 0.633. The van der Waals surface area contributed by atoms with Gasteiger partial charge in [0.25, 0.3) is 0 Å². The SMILES string of the molecule is CC[C@H]1CN(CCN2CCCC2=O)CCN1CCOC. The Bertz CT molecular complexity index is 311. The number of ether oxygens (including phenoxy) is 1. The van der Waals surface area contributed by atoms with E-state index in [0.29, 0.717) is 11.9 Å². The Hall–Kier alpha value is -0.650. The molecular formula is C15H29N3O2. The third kappa shape index (κ3) is 4.17. The number of hydrogen-bond acceptors (Lipinski definition) is 4. The van der Waals surface area contributed by atoms with Gasteiger partial charge in [0, 0.05) is 65.4 Å². The minimum absolute atomic E-state index is 0.343. The molecule has 2 heterocycles. The van der Waals surface area contributed by atoms with Crippen molar-refractivity contribution >= 4 is 5.91 Å². The predicted molar refractivity (Wildman–Crippen MR) is 79.8 cm³/mol. The summed E-state index contributed by atoms with van der Waals surface area (Å²) in [5, 5.41) is 0. The van der Waals surface area contributed by atoms with Gasteiger partial charge in [-0.1, -0.05) is 6.92 Å². The normalized spacial score (nSPS) is 25.6. The molecule has 1 amide bonds. The Kier molecular flexibility index (Phi) is 6.26. The first-order valence-electron chi connectivity index (χ1n) is 7.97. The first-order chi connectivity index (χ1) is 9.74. The molecule has 5 heteroatoms. The van der Waals surface area contributed by atoms with Crippen LogP contribution in [0.15, 0.2) is 0 Å². The van der Waals surface area contributed by atoms with Crippen molar-refractivity contribution in [2.24, 2.45) is 0 Å². The van der Waals surface area contributed by atoms with Gasteiger partial charge in [0.15, 0.2) is 0 Å². The Morgan fingerprint density at radius 3 is 2.70 bits per heavy atom. The van der Waals surface area contributed by atoms with E-state index in [-0.39, 0.29) is 0 Å². The monoisotopic (exact) mass is 283 g/mol. The molecule has 2 aliphatic rings. The van der Waals surface area contributed by atoms with Crippen LogP contribution in [0.3, 0.4) is 0 Å². The molecular weight excluding hydrogens is 254 g/mol. The number of methoxy groups -OCH3 is 1. The van der Waals surface area contributed by atoms with Crippen LogP contribution < -0.4 is 0 Å². The van der Waals surface area contributed by atoms with E-state index in [0.717, 1.165) is 65.3 Å². The lowest BCUT2D eigenvalue weighted by atomic mass is 10.1. The van der Waals surface area contributed by atoms with Gasteiger partial charge in [-0.25, -0.2) is 0 Å². The highest BCUT2D eigenvalue weighted by molar-refractivity contribution is 5.78. The number of nitrogens with zero attached hydrogens (tertiary/aromatic N) is 3. The predicted octanol–water partition coefficient (Wildman–Crippen LogP) is 0.651. The van der Waals surface area contributed by atoms with Gasteiger partial charge in [0.05, 0.1) is 6.61 Å². The average Bonchev–Trinajstić information content (AvgIpc) is 2.88. The fourth-order valence-corrected chi connectivity index (χ4v) is 3.25. The number of amides is 1. The summed E-state index contributed by atoms with van der Waals surface area (Å²) >= 11 is 0. The zero-order valence-corrected chi connectivity index (χ0v) is 13.0. The summed E-state index contributed by atoms with van der Waals surface area (Å²) in [6.45, 7) is 10.4. The van der Waals surface area contributed by atoms with Crippen molar-refractivity contribution in [2.75, 3.05) is 59.5 Å². The van der Waals surface area contributed by atoms with Crippen LogP contribution in [-0.2, 0) is 9.53 Å². The van der Waals surface area contributed by atoms with E-state index in [1.54, 1.807) is 7.11 Å². The van der Waals surface area contributed by atoms with Gasteiger partial charge in [-0.15, -0.1) is 0 Å². The second-order valence-corrected chi connectivity index (χ2v) is 5.88. The van der Waals surface area contributed by atoms with Crippen LogP contribution in [0, 0.1) is 0 Å². The Morgan fingerprint density at radius 2 is 2.05 bits per heavy atom. The second kappa shape index (κ2) is 7.96. The highest BCUT2D eigenvalue weighted by atomic mass is 16.5. The van der Waals surface area contributed by atoms with E-state index in [2.05, 4.69) is 16.7 Å². The molecule has 116 valence electrons. The van der Waals surface area contributed by atoms with Crippen molar-refractivity contribution in [3.05, 3.63) is 0 Å². The number of carbonyl (C=O) groups excluding carboxylic acids is 1. The quantitative estimate of drug-likeness (QED) is 0.687. The van der Waals surface area contributed by atoms with E-state index in [9.17, 15) is 4.79 Å². The molecule has 0 aliphatic carbocycles. The molecule has 5 nitrogen and oxygen atoms in total. The van der Waals surface area contributed by atoms with E-state index < -0.39 is 0 Å². The highest BCUT2D eigenvalue weighted by Gasteiger charge is 2.26. The molecule has 2 aliphatic heterocycles. The largest absolute Gasteiger partial charge is 0.383 e. The molecule has 0 saturated carbocycles. The lowest BCUT2D eigenvalue weighted by Crippen LogP contribution is -2.54. The van der Waals surface area contributed by atoms with Crippen molar-refractivity contribution in [2.45, 2.75) is 32.2 Å². The number of likely N-dealkylation sites (tertiary alicyclic amines) is 1. The van der Waals surface area contributed by atoms with Gasteiger partial charge in [-0.05, 0) is 12.8 Å². The molecule has 2 saturated heterocycles. The highest BCUT2D eigenvalue weighted by Crippen LogP contribution is 2.14. The summed E-state index contributed by atoms with van der Waals surface area (Å²) in [4.78, 5) is 18.7. The van der Waals surface area contributed by atoms with Crippen molar-refractivity contribution in [3.8, 4) is 0 Å². The Morgan fingerprint density at radius 1 is 1.20 bits per heavy atom. The third-order valence-corrected chi connectivity index (χ3v) is 4.60. The van der Waals surface area contributed by atoms with Crippen LogP contribution in [0.5, 0.6) is 0 Å². The maximum Gasteiger partial charge on any atom is 0.222 e. The second-order valence-electron chi connectivity index (χ2n) is 5.88. The van der Waals surface area contributed by atoms with Gasteiger partial charge in [-0.3, -0.25) is 14.6 Å². The van der Waals surface area contributed by atoms with Gasteiger partial charge < -0.3 is 9.64 Å². The lowest BCUT2D eigenvalue weighted by molar-refractivity contribution is -0.127. The molecule has 0 radical (unpaired) electrons. The van der Waals surface area contributed by atoms with Gasteiger partial charge in [0.1, 0.15) is 0 Å². The van der Waals surface area contributed by atoms with Crippen LogP contribution in [0.4, 0.5) is 0 Å². The van der Waals surface area contributed by atoms with Crippen LogP contribution >= 0.6 is 0 Å². The molecule has 0 aromatic carbocycles. The first kappa shape index (κ1) is 15.7. The number of carbonyl (C=O) groups is 1. The minimum atomic E-state index is 0.343. The van der Waals surface area contributed by atoms with Crippen molar-refractivity contribution in [3.63, 3.8) is 0 Å². The van der Waals surface area contributed by atoms with E-state index >= 15 is 0 Å². The maximum atomic E-state index is 11.6. The smallest absolute Gasteiger partial charge is 0.222 e. The fraction of sp³-hybridized carbons (Fsp3) is 0.933.